The number of hydrogen-bond acceptors (Lipinski definition) is 16. The van der Waals surface area contributed by atoms with Gasteiger partial charge in [-0.3, -0.25) is 9.59 Å². The molecule has 0 amide bonds. The minimum absolute atomic E-state index is 0.0985. The van der Waals surface area contributed by atoms with Crippen LogP contribution < -0.4 is 0 Å². The molecule has 2 rings (SSSR count). The van der Waals surface area contributed by atoms with E-state index in [-0.39, 0.29) is 58.2 Å². The Morgan fingerprint density at radius 3 is 1.29 bits per heavy atom. The van der Waals surface area contributed by atoms with Crippen LogP contribution in [0.25, 0.3) is 0 Å². The second-order valence-electron chi connectivity index (χ2n) is 19.5. The topological polar surface area (TPSA) is 212 Å². The Morgan fingerprint density at radius 2 is 0.894 bits per heavy atom. The van der Waals surface area contributed by atoms with Crippen LogP contribution in [0.3, 0.4) is 0 Å². The molecule has 0 heterocycles. The van der Waals surface area contributed by atoms with Crippen molar-refractivity contribution < 1.29 is 74.6 Å². The van der Waals surface area contributed by atoms with Gasteiger partial charge in [0.2, 0.25) is 8.32 Å². The first-order valence-corrected chi connectivity index (χ1v) is 40.6. The van der Waals surface area contributed by atoms with Gasteiger partial charge in [-0.25, -0.2) is 9.59 Å². The molecule has 3 N–H and O–H groups in total. The van der Waals surface area contributed by atoms with Gasteiger partial charge < -0.3 is 55.5 Å². The molecule has 2 aromatic rings. The second kappa shape index (κ2) is 29.4. The molecule has 0 radical (unpaired) electrons. The quantitative estimate of drug-likeness (QED) is 0.0330. The normalized spacial score (nSPS) is 12.3. The van der Waals surface area contributed by atoms with Crippen molar-refractivity contribution in [2.24, 2.45) is 0 Å². The lowest BCUT2D eigenvalue weighted by Crippen LogP contribution is -2.54. The van der Waals surface area contributed by atoms with E-state index in [2.05, 4.69) is 63.7 Å². The number of carbonyl (C=O) groups excluding carboxylic acids is 4. The summed E-state index contributed by atoms with van der Waals surface area (Å²) in [4.78, 5) is 46.2. The van der Waals surface area contributed by atoms with Gasteiger partial charge in [-0.2, -0.15) is 0 Å². The lowest BCUT2D eigenvalue weighted by molar-refractivity contribution is 0.0551. The van der Waals surface area contributed by atoms with E-state index >= 15 is 0 Å². The lowest BCUT2D eigenvalue weighted by atomic mass is 10.1. The summed E-state index contributed by atoms with van der Waals surface area (Å²) in [5.41, 5.74) is 0.843. The summed E-state index contributed by atoms with van der Waals surface area (Å²) >= 11 is 0. The molecule has 0 saturated heterocycles. The maximum Gasteiger partial charge on any atom is 0.338 e. The molecule has 22 heteroatoms. The van der Waals surface area contributed by atoms with E-state index in [1.54, 1.807) is 7.11 Å². The number of phenols is 2. The zero-order chi connectivity index (χ0) is 51.2. The monoisotopic (exact) mass is 1030 g/mol. The largest absolute Gasteiger partial charge is 0.508 e. The fourth-order valence-electron chi connectivity index (χ4n) is 6.82. The number of carbonyl (C=O) groups is 4. The first-order chi connectivity index (χ1) is 30.2. The molecule has 0 aliphatic carbocycles. The van der Waals surface area contributed by atoms with Crippen LogP contribution in [-0.4, -0.2) is 149 Å². The fourth-order valence-corrected chi connectivity index (χ4v) is 33.3. The van der Waals surface area contributed by atoms with E-state index < -0.39 is 62.3 Å². The number of aromatic hydroxyl groups is 2. The molecule has 0 saturated carbocycles. The number of Topliss-reactive ketones (excluding diaryl/α,β-unsaturated/α-hetero) is 2. The van der Waals surface area contributed by atoms with Crippen molar-refractivity contribution in [3.63, 3.8) is 0 Å². The minimum atomic E-state index is -2.45. The number of methoxy groups -OCH3 is 2. The van der Waals surface area contributed by atoms with E-state index in [0.29, 0.717) is 33.0 Å². The average Bonchev–Trinajstić information content (AvgIpc) is 3.15. The number of hydrogen-bond donors (Lipinski definition) is 3. The summed E-state index contributed by atoms with van der Waals surface area (Å²) in [7, 11) is -9.12. The third-order valence-electron chi connectivity index (χ3n) is 8.78. The van der Waals surface area contributed by atoms with Crippen molar-refractivity contribution in [1.82, 2.24) is 0 Å². The number of ketones is 2. The van der Waals surface area contributed by atoms with Crippen LogP contribution in [0.2, 0.25) is 97.2 Å². The Hall–Kier alpha value is -2.70. The first-order valence-electron chi connectivity index (χ1n) is 22.2. The van der Waals surface area contributed by atoms with Crippen LogP contribution in [0.5, 0.6) is 11.5 Å². The molecule has 378 valence electrons. The minimum Gasteiger partial charge on any atom is -0.508 e. The first kappa shape index (κ1) is 63.3. The number of ether oxygens (including phenoxy) is 5. The van der Waals surface area contributed by atoms with Gasteiger partial charge in [-0.1, -0.05) is 0 Å². The number of esters is 2. The molecular formula is C44H82O16Si6. The van der Waals surface area contributed by atoms with Gasteiger partial charge in [0.1, 0.15) is 17.7 Å². The van der Waals surface area contributed by atoms with E-state index in [0.717, 1.165) is 24.9 Å². The van der Waals surface area contributed by atoms with Crippen LogP contribution in [0.15, 0.2) is 36.4 Å². The molecule has 0 spiro atoms. The Bertz CT molecular complexity index is 1820. The molecule has 0 unspecified atom stereocenters. The maximum atomic E-state index is 12.5. The molecule has 0 aliphatic rings. The second-order valence-corrected chi connectivity index (χ2v) is 44.4. The highest BCUT2D eigenvalue weighted by atomic mass is 28.5. The highest BCUT2D eigenvalue weighted by molar-refractivity contribution is 6.88. The zero-order valence-corrected chi connectivity index (χ0v) is 48.9. The SMILES string of the molecule is COC(=O)c1cc(O)cc(C(C)=O)c1.COCCOCCC[Si](C)(C)O[Si](C)(C)O[Si](C)(C)COC(=O)c1cc(O)cc(C(C)=O)c1.C[Si](C)(C)O[Si](C)(C)O[Si](C)(C)CCCOCCO. The Balaban J connectivity index is 0.00000107. The lowest BCUT2D eigenvalue weighted by Gasteiger charge is -2.38. The molecule has 0 aliphatic heterocycles. The Kier molecular flexibility index (Phi) is 28.2. The van der Waals surface area contributed by atoms with Crippen molar-refractivity contribution in [2.75, 3.05) is 60.1 Å². The molecular weight excluding hydrogens is 953 g/mol. The van der Waals surface area contributed by atoms with Crippen LogP contribution in [0.1, 0.15) is 68.1 Å². The van der Waals surface area contributed by atoms with Crippen LogP contribution in [0, 0.1) is 0 Å². The van der Waals surface area contributed by atoms with Crippen LogP contribution >= 0.6 is 0 Å². The van der Waals surface area contributed by atoms with Crippen molar-refractivity contribution in [1.29, 1.82) is 0 Å². The van der Waals surface area contributed by atoms with Gasteiger partial charge in [0.25, 0.3) is 0 Å². The number of aliphatic hydroxyl groups excluding tert-OH is 1. The highest BCUT2D eigenvalue weighted by Crippen LogP contribution is 2.26. The summed E-state index contributed by atoms with van der Waals surface area (Å²) in [6.45, 7) is 33.7. The summed E-state index contributed by atoms with van der Waals surface area (Å²) in [6, 6.07) is 10.0. The van der Waals surface area contributed by atoms with Crippen molar-refractivity contribution in [2.45, 2.75) is 124 Å². The number of benzene rings is 2. The van der Waals surface area contributed by atoms with Gasteiger partial charge in [0, 0.05) is 31.5 Å². The maximum absolute atomic E-state index is 12.5. The number of rotatable bonds is 27. The molecule has 66 heavy (non-hydrogen) atoms. The Labute approximate surface area is 401 Å². The third kappa shape index (κ3) is 29.9. The van der Waals surface area contributed by atoms with Crippen LogP contribution in [0.4, 0.5) is 0 Å². The fraction of sp³-hybridized carbons (Fsp3) is 0.636. The molecule has 0 bridgehead atoms. The number of phenolic OH excluding ortho intramolecular Hbond substituents is 2. The smallest absolute Gasteiger partial charge is 0.338 e. The van der Waals surface area contributed by atoms with Crippen molar-refractivity contribution in [3.05, 3.63) is 58.7 Å². The average molecular weight is 1040 g/mol. The van der Waals surface area contributed by atoms with E-state index in [4.69, 9.17) is 40.5 Å². The van der Waals surface area contributed by atoms with Gasteiger partial charge >= 0.3 is 29.1 Å². The van der Waals surface area contributed by atoms with Gasteiger partial charge in [0.15, 0.2) is 36.5 Å². The predicted molar refractivity (Wildman–Crippen MR) is 272 cm³/mol. The van der Waals surface area contributed by atoms with Gasteiger partial charge in [0.05, 0.1) is 44.7 Å². The van der Waals surface area contributed by atoms with Gasteiger partial charge in [-0.15, -0.1) is 0 Å². The molecule has 0 atom stereocenters. The van der Waals surface area contributed by atoms with Crippen molar-refractivity contribution >= 4 is 73.9 Å². The van der Waals surface area contributed by atoms with Crippen molar-refractivity contribution in [3.8, 4) is 11.5 Å². The summed E-state index contributed by atoms with van der Waals surface area (Å²) in [5, 5.41) is 27.7. The molecule has 0 aromatic heterocycles. The standard InChI is InChI=1S/C22H40O8Si3.C12H32O4Si3.C10H10O4/c1-18(23)19-14-20(16-21(24)15-19)22(25)28-17-32(5,6)30-33(7,8)29-31(3,4)13-9-10-27-12-11-26-2;1-17(2,3)15-19(6,7)16-18(4,5)12-8-10-14-11-9-13;1-6(11)7-3-8(10(13)14-2)5-9(12)4-7/h14-16,24H,9-13,17H2,1-8H3;13H,8-12H2,1-7H3;3-5,12H,1-2H3. The summed E-state index contributed by atoms with van der Waals surface area (Å²) in [5.74, 6) is -1.91. The van der Waals surface area contributed by atoms with Gasteiger partial charge in [-0.05, 0) is 160 Å². The molecule has 0 fully saturated rings. The third-order valence-corrected chi connectivity index (χ3v) is 29.7. The van der Waals surface area contributed by atoms with E-state index in [1.165, 1.54) is 57.4 Å². The van der Waals surface area contributed by atoms with Crippen LogP contribution in [-0.2, 0) is 40.1 Å². The highest BCUT2D eigenvalue weighted by Gasteiger charge is 2.41. The summed E-state index contributed by atoms with van der Waals surface area (Å²) < 4.78 is 51.4. The summed E-state index contributed by atoms with van der Waals surface area (Å²) in [6.07, 6.45) is 2.07. The predicted octanol–water partition coefficient (Wildman–Crippen LogP) is 9.03. The zero-order valence-electron chi connectivity index (χ0n) is 42.9. The number of aliphatic hydroxyl groups is 1. The molecule has 16 nitrogen and oxygen atoms in total. The van der Waals surface area contributed by atoms with E-state index in [1.807, 2.05) is 26.2 Å². The molecule has 2 aromatic carbocycles. The van der Waals surface area contributed by atoms with E-state index in [9.17, 15) is 29.4 Å². The Morgan fingerprint density at radius 1 is 0.500 bits per heavy atom.